The van der Waals surface area contributed by atoms with E-state index in [4.69, 9.17) is 5.11 Å². The maximum absolute atomic E-state index is 10.2. The van der Waals surface area contributed by atoms with Crippen molar-refractivity contribution in [2.45, 2.75) is 25.4 Å². The zero-order chi connectivity index (χ0) is 11.9. The lowest BCUT2D eigenvalue weighted by molar-refractivity contribution is 0.0570. The highest BCUT2D eigenvalue weighted by molar-refractivity contribution is 5.21. The Balaban J connectivity index is 2.35. The molecule has 0 aromatic heterocycles. The van der Waals surface area contributed by atoms with E-state index in [0.29, 0.717) is 6.54 Å². The van der Waals surface area contributed by atoms with Crippen molar-refractivity contribution < 1.29 is 10.2 Å². The highest BCUT2D eigenvalue weighted by Crippen LogP contribution is 2.18. The number of nitrogens with one attached hydrogen (secondary N) is 1. The van der Waals surface area contributed by atoms with Gasteiger partial charge in [-0.2, -0.15) is 0 Å². The molecular formula is C13H21NO2. The van der Waals surface area contributed by atoms with Crippen LogP contribution in [0, 0.1) is 0 Å². The van der Waals surface area contributed by atoms with Crippen molar-refractivity contribution in [3.8, 4) is 0 Å². The molecule has 0 fully saturated rings. The molecule has 16 heavy (non-hydrogen) atoms. The summed E-state index contributed by atoms with van der Waals surface area (Å²) in [5, 5.41) is 22.1. The van der Waals surface area contributed by atoms with Crippen LogP contribution in [0.1, 0.15) is 25.3 Å². The third-order valence-electron chi connectivity index (χ3n) is 2.63. The maximum atomic E-state index is 10.2. The summed E-state index contributed by atoms with van der Waals surface area (Å²) in [6.07, 6.45) is 1.74. The SMILES string of the molecule is CC(O)(CNCCCCO)c1ccccc1. The Hall–Kier alpha value is -0.900. The lowest BCUT2D eigenvalue weighted by Gasteiger charge is -2.24. The monoisotopic (exact) mass is 223 g/mol. The van der Waals surface area contributed by atoms with Crippen LogP contribution in [0.2, 0.25) is 0 Å². The van der Waals surface area contributed by atoms with Gasteiger partial charge in [0.15, 0.2) is 0 Å². The smallest absolute Gasteiger partial charge is 0.0992 e. The van der Waals surface area contributed by atoms with Gasteiger partial charge in [0.05, 0.1) is 5.60 Å². The van der Waals surface area contributed by atoms with Gasteiger partial charge in [-0.1, -0.05) is 30.3 Å². The fraction of sp³-hybridized carbons (Fsp3) is 0.538. The minimum atomic E-state index is -0.833. The minimum absolute atomic E-state index is 0.233. The van der Waals surface area contributed by atoms with E-state index in [1.54, 1.807) is 6.92 Å². The molecule has 1 atom stereocenters. The van der Waals surface area contributed by atoms with Gasteiger partial charge in [0.2, 0.25) is 0 Å². The molecule has 1 aromatic carbocycles. The van der Waals surface area contributed by atoms with Crippen LogP contribution in [-0.2, 0) is 5.60 Å². The molecule has 0 saturated heterocycles. The van der Waals surface area contributed by atoms with Gasteiger partial charge in [-0.25, -0.2) is 0 Å². The quantitative estimate of drug-likeness (QED) is 0.610. The molecule has 0 radical (unpaired) electrons. The minimum Gasteiger partial charge on any atom is -0.396 e. The molecule has 3 N–H and O–H groups in total. The zero-order valence-electron chi connectivity index (χ0n) is 9.82. The lowest BCUT2D eigenvalue weighted by atomic mass is 9.96. The summed E-state index contributed by atoms with van der Waals surface area (Å²) in [6.45, 7) is 3.39. The van der Waals surface area contributed by atoms with Gasteiger partial charge in [0, 0.05) is 13.2 Å². The Morgan fingerprint density at radius 2 is 1.88 bits per heavy atom. The number of rotatable bonds is 7. The highest BCUT2D eigenvalue weighted by Gasteiger charge is 2.21. The predicted octanol–water partition coefficient (Wildman–Crippen LogP) is 1.26. The molecule has 0 heterocycles. The fourth-order valence-electron chi connectivity index (χ4n) is 1.59. The number of hydrogen-bond acceptors (Lipinski definition) is 3. The van der Waals surface area contributed by atoms with Crippen molar-refractivity contribution in [1.82, 2.24) is 5.32 Å². The van der Waals surface area contributed by atoms with Crippen molar-refractivity contribution in [3.63, 3.8) is 0 Å². The number of hydrogen-bond donors (Lipinski definition) is 3. The van der Waals surface area contributed by atoms with Crippen LogP contribution in [0.3, 0.4) is 0 Å². The average molecular weight is 223 g/mol. The number of unbranched alkanes of at least 4 members (excludes halogenated alkanes) is 1. The van der Waals surface area contributed by atoms with Crippen LogP contribution in [0.5, 0.6) is 0 Å². The van der Waals surface area contributed by atoms with E-state index in [1.807, 2.05) is 30.3 Å². The molecule has 1 rings (SSSR count). The summed E-state index contributed by atoms with van der Waals surface area (Å²) < 4.78 is 0. The number of benzene rings is 1. The topological polar surface area (TPSA) is 52.5 Å². The highest BCUT2D eigenvalue weighted by atomic mass is 16.3. The average Bonchev–Trinajstić information content (AvgIpc) is 2.30. The standard InChI is InChI=1S/C13H21NO2/c1-13(16,11-14-9-5-6-10-15)12-7-3-2-4-8-12/h2-4,7-8,14-16H,5-6,9-11H2,1H3. The zero-order valence-corrected chi connectivity index (χ0v) is 9.82. The van der Waals surface area contributed by atoms with Gasteiger partial charge in [0.1, 0.15) is 0 Å². The normalized spacial score (nSPS) is 14.7. The van der Waals surface area contributed by atoms with Gasteiger partial charge in [-0.15, -0.1) is 0 Å². The van der Waals surface area contributed by atoms with Gasteiger partial charge >= 0.3 is 0 Å². The first-order valence-corrected chi connectivity index (χ1v) is 5.76. The first-order valence-electron chi connectivity index (χ1n) is 5.76. The van der Waals surface area contributed by atoms with Gasteiger partial charge < -0.3 is 15.5 Å². The summed E-state index contributed by atoms with van der Waals surface area (Å²) >= 11 is 0. The van der Waals surface area contributed by atoms with Crippen LogP contribution in [-0.4, -0.2) is 29.9 Å². The van der Waals surface area contributed by atoms with Crippen LogP contribution in [0.4, 0.5) is 0 Å². The van der Waals surface area contributed by atoms with Gasteiger partial charge in [-0.3, -0.25) is 0 Å². The Labute approximate surface area is 97.1 Å². The Morgan fingerprint density at radius 3 is 2.50 bits per heavy atom. The van der Waals surface area contributed by atoms with E-state index >= 15 is 0 Å². The molecule has 0 saturated carbocycles. The predicted molar refractivity (Wildman–Crippen MR) is 65.2 cm³/mol. The van der Waals surface area contributed by atoms with Crippen molar-refractivity contribution in [1.29, 1.82) is 0 Å². The van der Waals surface area contributed by atoms with E-state index < -0.39 is 5.60 Å². The first kappa shape index (κ1) is 13.2. The van der Waals surface area contributed by atoms with Crippen molar-refractivity contribution >= 4 is 0 Å². The number of aliphatic hydroxyl groups excluding tert-OH is 1. The van der Waals surface area contributed by atoms with E-state index in [9.17, 15) is 5.11 Å². The van der Waals surface area contributed by atoms with E-state index in [-0.39, 0.29) is 6.61 Å². The molecule has 0 aliphatic carbocycles. The molecule has 3 nitrogen and oxygen atoms in total. The second-order valence-electron chi connectivity index (χ2n) is 4.25. The van der Waals surface area contributed by atoms with Crippen molar-refractivity contribution in [3.05, 3.63) is 35.9 Å². The van der Waals surface area contributed by atoms with Crippen LogP contribution >= 0.6 is 0 Å². The van der Waals surface area contributed by atoms with Crippen molar-refractivity contribution in [2.24, 2.45) is 0 Å². The summed E-state index contributed by atoms with van der Waals surface area (Å²) in [5.74, 6) is 0. The van der Waals surface area contributed by atoms with Gasteiger partial charge in [-0.05, 0) is 31.9 Å². The third kappa shape index (κ3) is 4.31. The summed E-state index contributed by atoms with van der Waals surface area (Å²) in [6, 6.07) is 9.64. The van der Waals surface area contributed by atoms with Crippen LogP contribution < -0.4 is 5.32 Å². The molecule has 1 unspecified atom stereocenters. The van der Waals surface area contributed by atoms with E-state index in [1.165, 1.54) is 0 Å². The van der Waals surface area contributed by atoms with E-state index in [0.717, 1.165) is 24.9 Å². The molecule has 90 valence electrons. The molecule has 0 spiro atoms. The second-order valence-corrected chi connectivity index (χ2v) is 4.25. The Kier molecular flexibility index (Phi) is 5.46. The van der Waals surface area contributed by atoms with Crippen LogP contribution in [0.15, 0.2) is 30.3 Å². The molecule has 0 aliphatic heterocycles. The summed E-state index contributed by atoms with van der Waals surface area (Å²) in [4.78, 5) is 0. The second kappa shape index (κ2) is 6.63. The van der Waals surface area contributed by atoms with Gasteiger partial charge in [0.25, 0.3) is 0 Å². The first-order chi connectivity index (χ1) is 7.67. The molecule has 0 amide bonds. The summed E-state index contributed by atoms with van der Waals surface area (Å²) in [5.41, 5.74) is 0.0881. The fourth-order valence-corrected chi connectivity index (χ4v) is 1.59. The molecule has 3 heteroatoms. The Morgan fingerprint density at radius 1 is 1.19 bits per heavy atom. The molecule has 0 aliphatic rings. The largest absolute Gasteiger partial charge is 0.396 e. The number of aliphatic hydroxyl groups is 2. The molecule has 0 bridgehead atoms. The molecule has 1 aromatic rings. The van der Waals surface area contributed by atoms with Crippen LogP contribution in [0.25, 0.3) is 0 Å². The third-order valence-corrected chi connectivity index (χ3v) is 2.63. The summed E-state index contributed by atoms with van der Waals surface area (Å²) in [7, 11) is 0. The molecular weight excluding hydrogens is 202 g/mol. The van der Waals surface area contributed by atoms with E-state index in [2.05, 4.69) is 5.32 Å². The Bertz CT molecular complexity index is 285. The van der Waals surface area contributed by atoms with Crippen molar-refractivity contribution in [2.75, 3.05) is 19.7 Å². The maximum Gasteiger partial charge on any atom is 0.0992 e. The lowest BCUT2D eigenvalue weighted by Crippen LogP contribution is -2.35.